The van der Waals surface area contributed by atoms with E-state index >= 15 is 0 Å². The van der Waals surface area contributed by atoms with E-state index in [4.69, 9.17) is 70.1 Å². The number of aryl methyl sites for hydroxylation is 7. The van der Waals surface area contributed by atoms with Gasteiger partial charge in [0.2, 0.25) is 5.78 Å². The molecule has 7 aromatic rings. The number of hydrogen-bond acceptors (Lipinski definition) is 18. The van der Waals surface area contributed by atoms with Gasteiger partial charge in [0.1, 0.15) is 85.9 Å². The number of thioether (sulfide) groups is 1. The molecule has 2 heterocycles. The van der Waals surface area contributed by atoms with Gasteiger partial charge in [-0.1, -0.05) is 107 Å². The van der Waals surface area contributed by atoms with E-state index in [-0.39, 0.29) is 98.2 Å². The zero-order chi connectivity index (χ0) is 89.7. The zero-order valence-electron chi connectivity index (χ0n) is 68.4. The fraction of sp³-hybridized carbons (Fsp3) is 0.213. The van der Waals surface area contributed by atoms with Gasteiger partial charge in [-0.2, -0.15) is 5.10 Å². The Morgan fingerprint density at radius 2 is 0.705 bits per heavy atom. The van der Waals surface area contributed by atoms with Crippen LogP contribution >= 0.6 is 58.2 Å². The van der Waals surface area contributed by atoms with Crippen molar-refractivity contribution in [2.24, 2.45) is 15.2 Å². The molecule has 0 saturated heterocycles. The molecule has 17 nitrogen and oxygen atoms in total. The maximum Gasteiger partial charge on any atom is 0.213 e. The molecule has 7 aliphatic rings. The van der Waals surface area contributed by atoms with Crippen LogP contribution in [0, 0.1) is 77.6 Å². The van der Waals surface area contributed by atoms with Crippen molar-refractivity contribution in [3.05, 3.63) is 330 Å². The largest absolute Gasteiger partial charge is 0.507 e. The summed E-state index contributed by atoms with van der Waals surface area (Å²) in [7, 11) is 7.35. The lowest BCUT2D eigenvalue weighted by Gasteiger charge is -2.11. The second kappa shape index (κ2) is 44.0. The summed E-state index contributed by atoms with van der Waals surface area (Å²) in [6.07, 6.45) is 28.6. The Hall–Kier alpha value is -11.9. The number of nitrogens with zero attached hydrogens (tertiary/aromatic N) is 3. The highest BCUT2D eigenvalue weighted by Gasteiger charge is 2.30. The van der Waals surface area contributed by atoms with Crippen molar-refractivity contribution in [3.8, 4) is 40.2 Å². The van der Waals surface area contributed by atoms with Crippen LogP contribution in [0.25, 0.3) is 0 Å². The van der Waals surface area contributed by atoms with Crippen molar-refractivity contribution in [2.45, 2.75) is 93.4 Å². The van der Waals surface area contributed by atoms with Crippen LogP contribution in [-0.2, 0) is 0 Å². The molecule has 7 aromatic carbocycles. The van der Waals surface area contributed by atoms with E-state index in [1.807, 2.05) is 49.6 Å². The number of ether oxygens (including phenoxy) is 5. The number of carbonyl (C=O) groups excluding carboxylic acids is 7. The average Bonchev–Trinajstić information content (AvgIpc) is 1.77. The highest BCUT2D eigenvalue weighted by Crippen LogP contribution is 2.39. The molecule has 634 valence electrons. The molecule has 0 fully saturated rings. The predicted molar refractivity (Wildman–Crippen MR) is 468 cm³/mol. The third-order valence-electron chi connectivity index (χ3n) is 19.0. The number of ketones is 7. The summed E-state index contributed by atoms with van der Waals surface area (Å²) in [6, 6.07) is 18.8. The van der Waals surface area contributed by atoms with Gasteiger partial charge in [0.15, 0.2) is 34.7 Å². The Balaban J connectivity index is 0.000000177. The normalized spacial score (nSPS) is 14.1. The summed E-state index contributed by atoms with van der Waals surface area (Å²) in [5.41, 5.74) is 9.35. The molecule has 0 atom stereocenters. The Kier molecular flexibility index (Phi) is 34.5. The predicted octanol–water partition coefficient (Wildman–Crippen LogP) is 23.4. The quantitative estimate of drug-likeness (QED) is 0.0565. The molecule has 28 heteroatoms. The highest BCUT2D eigenvalue weighted by atomic mass is 35.5. The third-order valence-corrected chi connectivity index (χ3v) is 20.9. The number of methoxy groups -OCH3 is 5. The van der Waals surface area contributed by atoms with Crippen LogP contribution in [-0.4, -0.2) is 109 Å². The standard InChI is InChI=1S/C14H11Cl2FO2.C14H13ClO2.C14H12F2O2.C13H11ClO2.C13H13FN2O2S.C13H12FNO2.C13H11FO2/c1-7-3-9(17)6-10(14(7)19-2)13(18)8-4-11(15)12(16)5-8;1-9-7-11(15)8-12(14(9)17-2)13(16)10-5-3-4-6-10;1-8-5-11(16)7-12(14(8)18-2)13(17)9-3-4-10(15)6-9;1-8-6-10(14)7-11(12(8)15)13(16)9-4-2-3-5-9;1-7-4-8(14)5-9(13(7)18-2)12(17)10-6-11(19-3)16-15-10;1-8-5-10(14)6-11(13(8)17-2)12(16)9-3-4-15-7-9;1-8-6-10(14)7-11(12(8)15)13(16)9-4-2-3-5-9/h3-4,6H,5H2,1-2H3;3-5,7-8H,6H2,1-2H3;3-5,7H,6H2,1-2H3;2-4,6-7,15H,5H2,1H3;4-5H,6H2,1-3H3;4-7H,3H2,1-2H3;2-4,6-7,15H,5H2,1H3. The summed E-state index contributed by atoms with van der Waals surface area (Å²) in [6.45, 7) is 11.9. The van der Waals surface area contributed by atoms with Gasteiger partial charge in [-0.25, -0.2) is 26.3 Å². The molecule has 0 amide bonds. The third kappa shape index (κ3) is 24.2. The fourth-order valence-electron chi connectivity index (χ4n) is 13.1. The topological polar surface area (TPSA) is 243 Å². The zero-order valence-corrected chi connectivity index (χ0v) is 72.3. The molecule has 2 N–H and O–H groups in total. The van der Waals surface area contributed by atoms with Gasteiger partial charge in [-0.3, -0.25) is 38.6 Å². The van der Waals surface area contributed by atoms with Gasteiger partial charge in [0.05, 0.1) is 79.5 Å². The Morgan fingerprint density at radius 1 is 0.369 bits per heavy atom. The van der Waals surface area contributed by atoms with E-state index in [2.05, 4.69) is 15.2 Å². The molecule has 0 radical (unpaired) electrons. The smallest absolute Gasteiger partial charge is 0.213 e. The molecule has 0 spiro atoms. The highest BCUT2D eigenvalue weighted by molar-refractivity contribution is 8.13. The van der Waals surface area contributed by atoms with Crippen molar-refractivity contribution < 1.29 is 93.8 Å². The van der Waals surface area contributed by atoms with E-state index < -0.39 is 34.9 Å². The molecular weight excluding hydrogens is 1680 g/mol. The van der Waals surface area contributed by atoms with Crippen molar-refractivity contribution in [1.82, 2.24) is 0 Å². The summed E-state index contributed by atoms with van der Waals surface area (Å²) in [5, 5.41) is 29.8. The first-order valence-corrected chi connectivity index (χ1v) is 40.0. The average molecular weight is 1770 g/mol. The molecule has 5 aliphatic carbocycles. The van der Waals surface area contributed by atoms with Crippen LogP contribution in [0.15, 0.2) is 229 Å². The summed E-state index contributed by atoms with van der Waals surface area (Å²) < 4.78 is 106. The van der Waals surface area contributed by atoms with Crippen molar-refractivity contribution in [2.75, 3.05) is 41.8 Å². The molecular formula is C94H83Cl4F6N3O14S. The summed E-state index contributed by atoms with van der Waals surface area (Å²) in [4.78, 5) is 89.1. The number of rotatable bonds is 19. The van der Waals surface area contributed by atoms with E-state index in [9.17, 15) is 70.1 Å². The first-order valence-electron chi connectivity index (χ1n) is 37.2. The Morgan fingerprint density at radius 3 is 1.06 bits per heavy atom. The van der Waals surface area contributed by atoms with Crippen molar-refractivity contribution in [1.29, 1.82) is 0 Å². The number of phenolic OH excluding ortho intramolecular Hbond substituents is 2. The number of halogens is 10. The number of aliphatic imine (C=N–C) groups is 1. The summed E-state index contributed by atoms with van der Waals surface area (Å²) >= 11 is 25.0. The number of allylic oxidation sites excluding steroid dienone is 21. The lowest BCUT2D eigenvalue weighted by Crippen LogP contribution is -2.16. The van der Waals surface area contributed by atoms with Crippen LogP contribution in [0.2, 0.25) is 10.0 Å². The maximum absolute atomic E-state index is 13.5. The van der Waals surface area contributed by atoms with Crippen LogP contribution in [0.1, 0.15) is 156 Å². The van der Waals surface area contributed by atoms with Crippen molar-refractivity contribution in [3.63, 3.8) is 0 Å². The number of Topliss-reactive ketones (excluding diaryl/α,β-unsaturated/α-hetero) is 7. The SMILES string of the molecule is COc1c(C)cc(Cl)cc1C(=O)C1=CC=CC1.COc1c(C)cc(F)cc1C(=O)C1=CC(Cl)=C(Cl)C1.COc1c(C)cc(F)cc1C(=O)C1=CC=C(F)C1.COc1c(C)cc(F)cc1C(=O)C1=CN=CC1.COc1c(C)cc(F)cc1C(=O)C1=NN=C(SC)C1.Cc1cc(Cl)cc(C(=O)C2=CC=CC2)c1O.Cc1cc(F)cc(C(=O)C2=CC=CC2)c1O. The van der Waals surface area contributed by atoms with E-state index in [1.165, 1.54) is 113 Å². The van der Waals surface area contributed by atoms with Gasteiger partial charge in [0.25, 0.3) is 0 Å². The maximum atomic E-state index is 13.5. The molecule has 0 aromatic heterocycles. The Bertz CT molecular complexity index is 5670. The van der Waals surface area contributed by atoms with Gasteiger partial charge in [-0.05, 0) is 210 Å². The van der Waals surface area contributed by atoms with E-state index in [0.717, 1.165) is 34.4 Å². The molecule has 0 unspecified atom stereocenters. The second-order valence-corrected chi connectivity index (χ2v) is 30.3. The number of aromatic hydroxyl groups is 2. The van der Waals surface area contributed by atoms with E-state index in [0.29, 0.717) is 153 Å². The van der Waals surface area contributed by atoms with Crippen LogP contribution < -0.4 is 23.7 Å². The number of carbonyl (C=O) groups is 7. The minimum Gasteiger partial charge on any atom is -0.507 e. The van der Waals surface area contributed by atoms with Crippen LogP contribution in [0.5, 0.6) is 40.2 Å². The van der Waals surface area contributed by atoms with Crippen LogP contribution in [0.3, 0.4) is 0 Å². The monoisotopic (exact) mass is 1760 g/mol. The van der Waals surface area contributed by atoms with Crippen molar-refractivity contribution >= 4 is 116 Å². The molecule has 2 aliphatic heterocycles. The van der Waals surface area contributed by atoms with Gasteiger partial charge < -0.3 is 33.9 Å². The van der Waals surface area contributed by atoms with Crippen LogP contribution in [0.4, 0.5) is 26.3 Å². The first kappa shape index (κ1) is 95.5. The number of hydrogen-bond donors (Lipinski definition) is 2. The van der Waals surface area contributed by atoms with Gasteiger partial charge in [0, 0.05) is 86.6 Å². The molecule has 122 heavy (non-hydrogen) atoms. The van der Waals surface area contributed by atoms with Gasteiger partial charge >= 0.3 is 0 Å². The molecule has 0 bridgehead atoms. The minimum absolute atomic E-state index is 0.0159. The Labute approximate surface area is 725 Å². The summed E-state index contributed by atoms with van der Waals surface area (Å²) in [5.74, 6) is -2.59. The fourth-order valence-corrected chi connectivity index (χ4v) is 14.4. The lowest BCUT2D eigenvalue weighted by molar-refractivity contribution is 0.102. The molecule has 0 saturated carbocycles. The number of phenols is 2. The first-order chi connectivity index (χ1) is 58.0. The van der Waals surface area contributed by atoms with Gasteiger partial charge in [-0.15, -0.1) is 16.9 Å². The molecule has 14 rings (SSSR count). The lowest BCUT2D eigenvalue weighted by atomic mass is 9.99. The van der Waals surface area contributed by atoms with E-state index in [1.54, 1.807) is 91.3 Å². The second-order valence-electron chi connectivity index (χ2n) is 27.7. The number of benzene rings is 7. The minimum atomic E-state index is -0.510.